The molecule has 0 heterocycles. The fourth-order valence-electron chi connectivity index (χ4n) is 1.59. The Morgan fingerprint density at radius 2 is 1.83 bits per heavy atom. The average Bonchev–Trinajstić information content (AvgIpc) is 2.38. The lowest BCUT2D eigenvalue weighted by Crippen LogP contribution is -2.42. The zero-order valence-electron chi connectivity index (χ0n) is 11.1. The Labute approximate surface area is 108 Å². The zero-order valence-corrected chi connectivity index (χ0v) is 11.1. The number of amides is 1. The molecule has 4 nitrogen and oxygen atoms in total. The third kappa shape index (κ3) is 4.28. The minimum absolute atomic E-state index is 0.114. The van der Waals surface area contributed by atoms with Gasteiger partial charge in [0.25, 0.3) is 5.91 Å². The van der Waals surface area contributed by atoms with Crippen molar-refractivity contribution in [2.45, 2.75) is 45.8 Å². The molecule has 1 unspecified atom stereocenters. The van der Waals surface area contributed by atoms with Crippen LogP contribution in [0.2, 0.25) is 0 Å². The monoisotopic (exact) mass is 251 g/mol. The number of aromatic hydroxyl groups is 1. The number of ether oxygens (including phenoxy) is 1. The lowest BCUT2D eigenvalue weighted by atomic mass is 10.1. The van der Waals surface area contributed by atoms with Crippen LogP contribution in [0.3, 0.4) is 0 Å². The molecule has 0 bridgehead atoms. The van der Waals surface area contributed by atoms with Gasteiger partial charge in [-0.3, -0.25) is 4.79 Å². The van der Waals surface area contributed by atoms with Crippen LogP contribution in [0.1, 0.15) is 33.6 Å². The largest absolute Gasteiger partial charge is 0.508 e. The minimum Gasteiger partial charge on any atom is -0.508 e. The Morgan fingerprint density at radius 1 is 1.28 bits per heavy atom. The SMILES string of the molecule is CCC(CC)NC(=O)C(C)Oc1ccc(O)cc1. The van der Waals surface area contributed by atoms with Gasteiger partial charge in [0.05, 0.1) is 0 Å². The van der Waals surface area contributed by atoms with E-state index in [1.165, 1.54) is 12.1 Å². The first-order valence-electron chi connectivity index (χ1n) is 6.32. The number of carbonyl (C=O) groups is 1. The second-order valence-corrected chi connectivity index (χ2v) is 4.28. The molecule has 0 saturated heterocycles. The van der Waals surface area contributed by atoms with Crippen LogP contribution in [0.5, 0.6) is 11.5 Å². The topological polar surface area (TPSA) is 58.6 Å². The minimum atomic E-state index is -0.546. The fourth-order valence-corrected chi connectivity index (χ4v) is 1.59. The van der Waals surface area contributed by atoms with E-state index in [1.807, 2.05) is 13.8 Å². The van der Waals surface area contributed by atoms with Crippen molar-refractivity contribution < 1.29 is 14.6 Å². The quantitative estimate of drug-likeness (QED) is 0.816. The van der Waals surface area contributed by atoms with Gasteiger partial charge in [0.2, 0.25) is 0 Å². The summed E-state index contributed by atoms with van der Waals surface area (Å²) in [5.41, 5.74) is 0. The Kier molecular flexibility index (Phi) is 5.49. The summed E-state index contributed by atoms with van der Waals surface area (Å²) in [4.78, 5) is 11.9. The van der Waals surface area contributed by atoms with Crippen LogP contribution in [-0.4, -0.2) is 23.2 Å². The first kappa shape index (κ1) is 14.4. The number of phenols is 1. The summed E-state index contributed by atoms with van der Waals surface area (Å²) in [6, 6.07) is 6.53. The van der Waals surface area contributed by atoms with Gasteiger partial charge in [0.15, 0.2) is 6.10 Å². The molecule has 2 N–H and O–H groups in total. The normalized spacial score (nSPS) is 12.2. The highest BCUT2D eigenvalue weighted by molar-refractivity contribution is 5.81. The lowest BCUT2D eigenvalue weighted by molar-refractivity contribution is -0.128. The number of benzene rings is 1. The lowest BCUT2D eigenvalue weighted by Gasteiger charge is -2.19. The maximum absolute atomic E-state index is 11.9. The highest BCUT2D eigenvalue weighted by Gasteiger charge is 2.17. The molecular formula is C14H21NO3. The van der Waals surface area contributed by atoms with Crippen LogP contribution in [0, 0.1) is 0 Å². The number of carbonyl (C=O) groups excluding carboxylic acids is 1. The molecule has 0 aromatic heterocycles. The molecule has 0 spiro atoms. The second kappa shape index (κ2) is 6.89. The summed E-state index contributed by atoms with van der Waals surface area (Å²) in [6.07, 6.45) is 1.28. The molecule has 1 atom stereocenters. The molecule has 0 saturated carbocycles. The van der Waals surface area contributed by atoms with Crippen molar-refractivity contribution in [2.75, 3.05) is 0 Å². The van der Waals surface area contributed by atoms with Gasteiger partial charge in [-0.2, -0.15) is 0 Å². The van der Waals surface area contributed by atoms with Gasteiger partial charge in [-0.1, -0.05) is 13.8 Å². The number of phenolic OH excluding ortho intramolecular Hbond substituents is 1. The summed E-state index contributed by atoms with van der Waals surface area (Å²) in [5.74, 6) is 0.633. The Morgan fingerprint density at radius 3 is 2.33 bits per heavy atom. The fraction of sp³-hybridized carbons (Fsp3) is 0.500. The number of hydrogen-bond acceptors (Lipinski definition) is 3. The number of rotatable bonds is 6. The van der Waals surface area contributed by atoms with Crippen molar-refractivity contribution in [3.8, 4) is 11.5 Å². The van der Waals surface area contributed by atoms with Crippen LogP contribution in [0.4, 0.5) is 0 Å². The summed E-state index contributed by atoms with van der Waals surface area (Å²) in [5, 5.41) is 12.1. The van der Waals surface area contributed by atoms with Gasteiger partial charge in [-0.25, -0.2) is 0 Å². The van der Waals surface area contributed by atoms with E-state index < -0.39 is 6.10 Å². The molecule has 0 aliphatic heterocycles. The van der Waals surface area contributed by atoms with Crippen molar-refractivity contribution in [3.05, 3.63) is 24.3 Å². The van der Waals surface area contributed by atoms with Crippen molar-refractivity contribution in [1.82, 2.24) is 5.32 Å². The van der Waals surface area contributed by atoms with Crippen molar-refractivity contribution in [3.63, 3.8) is 0 Å². The predicted octanol–water partition coefficient (Wildman–Crippen LogP) is 2.46. The smallest absolute Gasteiger partial charge is 0.260 e. The van der Waals surface area contributed by atoms with Crippen LogP contribution < -0.4 is 10.1 Å². The molecule has 1 amide bonds. The number of hydrogen-bond donors (Lipinski definition) is 2. The average molecular weight is 251 g/mol. The Hall–Kier alpha value is -1.71. The molecule has 0 aliphatic rings. The van der Waals surface area contributed by atoms with E-state index in [2.05, 4.69) is 5.32 Å². The first-order valence-corrected chi connectivity index (χ1v) is 6.32. The molecule has 18 heavy (non-hydrogen) atoms. The van der Waals surface area contributed by atoms with E-state index in [4.69, 9.17) is 9.84 Å². The zero-order chi connectivity index (χ0) is 13.5. The van der Waals surface area contributed by atoms with E-state index in [-0.39, 0.29) is 17.7 Å². The first-order chi connectivity index (χ1) is 8.56. The standard InChI is InChI=1S/C14H21NO3/c1-4-11(5-2)15-14(17)10(3)18-13-8-6-12(16)7-9-13/h6-11,16H,4-5H2,1-3H3,(H,15,17). The maximum Gasteiger partial charge on any atom is 0.260 e. The van der Waals surface area contributed by atoms with Crippen molar-refractivity contribution in [1.29, 1.82) is 0 Å². The van der Waals surface area contributed by atoms with Crippen molar-refractivity contribution in [2.24, 2.45) is 0 Å². The van der Waals surface area contributed by atoms with Gasteiger partial charge in [0, 0.05) is 6.04 Å². The van der Waals surface area contributed by atoms with Crippen LogP contribution >= 0.6 is 0 Å². The maximum atomic E-state index is 11.9. The molecule has 100 valence electrons. The van der Waals surface area contributed by atoms with E-state index in [1.54, 1.807) is 19.1 Å². The third-order valence-corrected chi connectivity index (χ3v) is 2.85. The predicted molar refractivity (Wildman–Crippen MR) is 70.7 cm³/mol. The molecular weight excluding hydrogens is 230 g/mol. The number of nitrogens with one attached hydrogen (secondary N) is 1. The highest BCUT2D eigenvalue weighted by Crippen LogP contribution is 2.17. The second-order valence-electron chi connectivity index (χ2n) is 4.28. The molecule has 0 radical (unpaired) electrons. The molecule has 0 aliphatic carbocycles. The molecule has 4 heteroatoms. The van der Waals surface area contributed by atoms with E-state index >= 15 is 0 Å². The van der Waals surface area contributed by atoms with E-state index in [0.717, 1.165) is 12.8 Å². The van der Waals surface area contributed by atoms with Crippen molar-refractivity contribution >= 4 is 5.91 Å². The van der Waals surface area contributed by atoms with Crippen LogP contribution in [0.15, 0.2) is 24.3 Å². The van der Waals surface area contributed by atoms with Gasteiger partial charge in [-0.15, -0.1) is 0 Å². The summed E-state index contributed by atoms with van der Waals surface area (Å²) in [6.45, 7) is 5.80. The molecule has 1 rings (SSSR count). The Balaban J connectivity index is 2.51. The molecule has 0 fully saturated rings. The van der Waals surface area contributed by atoms with Gasteiger partial charge >= 0.3 is 0 Å². The third-order valence-electron chi connectivity index (χ3n) is 2.85. The van der Waals surface area contributed by atoms with Crippen LogP contribution in [0.25, 0.3) is 0 Å². The van der Waals surface area contributed by atoms with Gasteiger partial charge < -0.3 is 15.2 Å². The van der Waals surface area contributed by atoms with Crippen LogP contribution in [-0.2, 0) is 4.79 Å². The Bertz CT molecular complexity index is 371. The molecule has 1 aromatic carbocycles. The highest BCUT2D eigenvalue weighted by atomic mass is 16.5. The molecule has 1 aromatic rings. The summed E-state index contributed by atoms with van der Waals surface area (Å²) in [7, 11) is 0. The van der Waals surface area contributed by atoms with Gasteiger partial charge in [-0.05, 0) is 44.0 Å². The van der Waals surface area contributed by atoms with E-state index in [9.17, 15) is 4.79 Å². The summed E-state index contributed by atoms with van der Waals surface area (Å²) < 4.78 is 5.50. The van der Waals surface area contributed by atoms with Gasteiger partial charge in [0.1, 0.15) is 11.5 Å². The summed E-state index contributed by atoms with van der Waals surface area (Å²) >= 11 is 0. The van der Waals surface area contributed by atoms with E-state index in [0.29, 0.717) is 5.75 Å².